The first kappa shape index (κ1) is 20.2. The van der Waals surface area contributed by atoms with E-state index in [0.717, 1.165) is 30.5 Å². The average Bonchev–Trinajstić information content (AvgIpc) is 2.59. The van der Waals surface area contributed by atoms with Crippen LogP contribution in [-0.4, -0.2) is 5.91 Å². The van der Waals surface area contributed by atoms with E-state index in [0.29, 0.717) is 6.42 Å². The first-order chi connectivity index (χ1) is 10.8. The molecule has 1 aromatic rings. The van der Waals surface area contributed by atoms with Crippen molar-refractivity contribution in [3.8, 4) is 0 Å². The van der Waals surface area contributed by atoms with E-state index in [1.165, 1.54) is 5.56 Å². The Kier molecular flexibility index (Phi) is 11.8. The predicted octanol–water partition coefficient (Wildman–Crippen LogP) is 5.91. The normalized spacial score (nSPS) is 12.1. The van der Waals surface area contributed by atoms with Crippen molar-refractivity contribution >= 4 is 11.6 Å². The molecular weight excluding hydrogens is 270 g/mol. The van der Waals surface area contributed by atoms with Gasteiger partial charge in [-0.2, -0.15) is 0 Å². The van der Waals surface area contributed by atoms with Gasteiger partial charge in [-0.3, -0.25) is 4.79 Å². The fourth-order valence-electron chi connectivity index (χ4n) is 2.06. The number of nitrogens with one attached hydrogen (secondary N) is 1. The lowest BCUT2D eigenvalue weighted by Gasteiger charge is -2.09. The van der Waals surface area contributed by atoms with Crippen molar-refractivity contribution in [2.45, 2.75) is 60.3 Å². The van der Waals surface area contributed by atoms with Gasteiger partial charge in [0.1, 0.15) is 0 Å². The largest absolute Gasteiger partial charge is 0.326 e. The smallest absolute Gasteiger partial charge is 0.228 e. The highest BCUT2D eigenvalue weighted by Gasteiger charge is 2.06. The summed E-state index contributed by atoms with van der Waals surface area (Å²) in [5.74, 6) is 0.0565. The molecule has 0 radical (unpaired) electrons. The molecule has 0 fully saturated rings. The highest BCUT2D eigenvalue weighted by molar-refractivity contribution is 5.92. The van der Waals surface area contributed by atoms with Gasteiger partial charge in [-0.15, -0.1) is 0 Å². The van der Waals surface area contributed by atoms with Crippen LogP contribution in [0.15, 0.2) is 48.1 Å². The molecule has 2 heteroatoms. The third-order valence-electron chi connectivity index (χ3n) is 3.06. The SMILES string of the molecule is CC.CC.CCc1cccc(NC(=O)CC2=CCCC=C2)c1. The molecule has 0 atom stereocenters. The molecule has 1 amide bonds. The van der Waals surface area contributed by atoms with Crippen LogP contribution in [0.2, 0.25) is 0 Å². The molecule has 0 heterocycles. The lowest BCUT2D eigenvalue weighted by atomic mass is 10.0. The Morgan fingerprint density at radius 3 is 2.45 bits per heavy atom. The van der Waals surface area contributed by atoms with E-state index in [-0.39, 0.29) is 5.91 Å². The number of aryl methyl sites for hydroxylation is 1. The molecule has 1 aliphatic rings. The van der Waals surface area contributed by atoms with E-state index in [1.807, 2.05) is 52.0 Å². The zero-order valence-electron chi connectivity index (χ0n) is 14.8. The molecule has 22 heavy (non-hydrogen) atoms. The fraction of sp³-hybridized carbons (Fsp3) is 0.450. The fourth-order valence-corrected chi connectivity index (χ4v) is 2.06. The van der Waals surface area contributed by atoms with Gasteiger partial charge in [0, 0.05) is 5.69 Å². The first-order valence-corrected chi connectivity index (χ1v) is 8.52. The molecule has 1 aliphatic carbocycles. The quantitative estimate of drug-likeness (QED) is 0.736. The van der Waals surface area contributed by atoms with Gasteiger partial charge in [-0.25, -0.2) is 0 Å². The van der Waals surface area contributed by atoms with Gasteiger partial charge in [-0.1, -0.05) is 65.0 Å². The molecule has 0 aliphatic heterocycles. The molecule has 0 spiro atoms. The highest BCUT2D eigenvalue weighted by Crippen LogP contribution is 2.15. The highest BCUT2D eigenvalue weighted by atomic mass is 16.1. The number of benzene rings is 1. The summed E-state index contributed by atoms with van der Waals surface area (Å²) in [6.45, 7) is 10.1. The monoisotopic (exact) mass is 301 g/mol. The number of amides is 1. The Morgan fingerprint density at radius 2 is 1.86 bits per heavy atom. The Labute approximate surface area is 136 Å². The standard InChI is InChI=1S/C16H19NO.2C2H6/c1-2-13-9-6-10-15(11-13)17-16(18)12-14-7-4-3-5-8-14;2*1-2/h4,6-11H,2-3,5,12H2,1H3,(H,17,18);2*1-2H3. The van der Waals surface area contributed by atoms with Gasteiger partial charge in [0.2, 0.25) is 5.91 Å². The van der Waals surface area contributed by atoms with Crippen LogP contribution in [0, 0.1) is 0 Å². The van der Waals surface area contributed by atoms with Crippen LogP contribution in [0.3, 0.4) is 0 Å². The number of allylic oxidation sites excluding steroid dienone is 3. The van der Waals surface area contributed by atoms with Crippen LogP contribution in [0.25, 0.3) is 0 Å². The van der Waals surface area contributed by atoms with E-state index in [2.05, 4.69) is 30.5 Å². The zero-order chi connectivity index (χ0) is 16.8. The summed E-state index contributed by atoms with van der Waals surface area (Å²) in [6.07, 6.45) is 9.90. The van der Waals surface area contributed by atoms with Crippen LogP contribution in [0.5, 0.6) is 0 Å². The van der Waals surface area contributed by atoms with E-state index in [1.54, 1.807) is 0 Å². The molecular formula is C20H31NO. The van der Waals surface area contributed by atoms with Gasteiger partial charge >= 0.3 is 0 Å². The summed E-state index contributed by atoms with van der Waals surface area (Å²) in [6, 6.07) is 8.02. The molecule has 1 N–H and O–H groups in total. The van der Waals surface area contributed by atoms with Crippen LogP contribution in [0.1, 0.15) is 59.4 Å². The average molecular weight is 301 g/mol. The van der Waals surface area contributed by atoms with Crippen molar-refractivity contribution in [2.24, 2.45) is 0 Å². The number of carbonyl (C=O) groups excluding carboxylic acids is 1. The second kappa shape index (κ2) is 12.9. The lowest BCUT2D eigenvalue weighted by Crippen LogP contribution is -2.12. The summed E-state index contributed by atoms with van der Waals surface area (Å²) in [5, 5.41) is 2.95. The summed E-state index contributed by atoms with van der Waals surface area (Å²) in [4.78, 5) is 11.9. The van der Waals surface area contributed by atoms with Gasteiger partial charge in [0.05, 0.1) is 6.42 Å². The van der Waals surface area contributed by atoms with Crippen LogP contribution >= 0.6 is 0 Å². The lowest BCUT2D eigenvalue weighted by molar-refractivity contribution is -0.115. The Bertz CT molecular complexity index is 486. The Morgan fingerprint density at radius 1 is 1.14 bits per heavy atom. The second-order valence-corrected chi connectivity index (χ2v) is 4.54. The Hall–Kier alpha value is -1.83. The minimum atomic E-state index is 0.0565. The predicted molar refractivity (Wildman–Crippen MR) is 98.2 cm³/mol. The molecule has 122 valence electrons. The number of hydrogen-bond acceptors (Lipinski definition) is 1. The molecule has 0 unspecified atom stereocenters. The summed E-state index contributed by atoms with van der Waals surface area (Å²) in [7, 11) is 0. The minimum Gasteiger partial charge on any atom is -0.326 e. The molecule has 1 aromatic carbocycles. The Balaban J connectivity index is 0.00000102. The van der Waals surface area contributed by atoms with E-state index in [4.69, 9.17) is 0 Å². The number of hydrogen-bond donors (Lipinski definition) is 1. The summed E-state index contributed by atoms with van der Waals surface area (Å²) in [5.41, 5.74) is 3.25. The minimum absolute atomic E-state index is 0.0565. The van der Waals surface area contributed by atoms with E-state index in [9.17, 15) is 4.79 Å². The van der Waals surface area contributed by atoms with Crippen LogP contribution in [-0.2, 0) is 11.2 Å². The third-order valence-corrected chi connectivity index (χ3v) is 3.06. The zero-order valence-corrected chi connectivity index (χ0v) is 14.8. The molecule has 2 nitrogen and oxygen atoms in total. The topological polar surface area (TPSA) is 29.1 Å². The summed E-state index contributed by atoms with van der Waals surface area (Å²) >= 11 is 0. The second-order valence-electron chi connectivity index (χ2n) is 4.54. The summed E-state index contributed by atoms with van der Waals surface area (Å²) < 4.78 is 0. The molecule has 0 saturated heterocycles. The van der Waals surface area contributed by atoms with Crippen molar-refractivity contribution in [1.82, 2.24) is 0 Å². The van der Waals surface area contributed by atoms with Crippen molar-refractivity contribution in [1.29, 1.82) is 0 Å². The maximum Gasteiger partial charge on any atom is 0.228 e. The van der Waals surface area contributed by atoms with Crippen molar-refractivity contribution < 1.29 is 4.79 Å². The molecule has 0 saturated carbocycles. The van der Waals surface area contributed by atoms with E-state index < -0.39 is 0 Å². The van der Waals surface area contributed by atoms with Gasteiger partial charge in [0.15, 0.2) is 0 Å². The van der Waals surface area contributed by atoms with E-state index >= 15 is 0 Å². The molecule has 0 aromatic heterocycles. The third kappa shape index (κ3) is 7.82. The van der Waals surface area contributed by atoms with Crippen molar-refractivity contribution in [3.63, 3.8) is 0 Å². The molecule has 0 bridgehead atoms. The number of rotatable bonds is 4. The van der Waals surface area contributed by atoms with Gasteiger partial charge in [-0.05, 0) is 42.5 Å². The number of carbonyl (C=O) groups is 1. The first-order valence-electron chi connectivity index (χ1n) is 8.52. The van der Waals surface area contributed by atoms with Crippen molar-refractivity contribution in [3.05, 3.63) is 53.6 Å². The van der Waals surface area contributed by atoms with Gasteiger partial charge < -0.3 is 5.32 Å². The van der Waals surface area contributed by atoms with Crippen LogP contribution in [0.4, 0.5) is 5.69 Å². The van der Waals surface area contributed by atoms with Gasteiger partial charge in [0.25, 0.3) is 0 Å². The maximum atomic E-state index is 11.9. The van der Waals surface area contributed by atoms with Crippen molar-refractivity contribution in [2.75, 3.05) is 5.32 Å². The number of anilines is 1. The molecule has 2 rings (SSSR count). The maximum absolute atomic E-state index is 11.9. The van der Waals surface area contributed by atoms with Crippen LogP contribution < -0.4 is 5.32 Å².